The van der Waals surface area contributed by atoms with Gasteiger partial charge < -0.3 is 14.6 Å². The monoisotopic (exact) mass is 306 g/mol. The van der Waals surface area contributed by atoms with Crippen molar-refractivity contribution in [1.29, 1.82) is 0 Å². The molecule has 21 heavy (non-hydrogen) atoms. The molecule has 1 aliphatic rings. The van der Waals surface area contributed by atoms with Gasteiger partial charge in [0.05, 0.1) is 0 Å². The molecule has 1 aromatic heterocycles. The van der Waals surface area contributed by atoms with Crippen LogP contribution in [0, 0.1) is 5.92 Å². The second-order valence-corrected chi connectivity index (χ2v) is 6.39. The molecule has 2 aromatic rings. The summed E-state index contributed by atoms with van der Waals surface area (Å²) in [4.78, 5) is 2.54. The molecule has 0 spiro atoms. The van der Waals surface area contributed by atoms with Crippen LogP contribution in [0.15, 0.2) is 28.7 Å². The van der Waals surface area contributed by atoms with Gasteiger partial charge in [0, 0.05) is 30.6 Å². The number of piperidine rings is 1. The molecule has 0 saturated carbocycles. The van der Waals surface area contributed by atoms with Gasteiger partial charge in [0.1, 0.15) is 5.58 Å². The Hall–Kier alpha value is -1.03. The Morgan fingerprint density at radius 3 is 2.86 bits per heavy atom. The number of hydrogen-bond acceptors (Lipinski definition) is 3. The van der Waals surface area contributed by atoms with Crippen molar-refractivity contribution in [1.82, 2.24) is 10.2 Å². The lowest BCUT2D eigenvalue weighted by atomic mass is 9.99. The molecule has 1 N–H and O–H groups in total. The van der Waals surface area contributed by atoms with Gasteiger partial charge in [-0.05, 0) is 49.5 Å². The van der Waals surface area contributed by atoms with Crippen LogP contribution in [0.5, 0.6) is 0 Å². The molecule has 1 saturated heterocycles. The minimum absolute atomic E-state index is 0.510. The first kappa shape index (κ1) is 14.9. The number of nitrogens with one attached hydrogen (secondary N) is 1. The lowest BCUT2D eigenvalue weighted by Gasteiger charge is -2.30. The highest BCUT2D eigenvalue weighted by Gasteiger charge is 2.15. The van der Waals surface area contributed by atoms with E-state index in [2.05, 4.69) is 23.2 Å². The maximum atomic E-state index is 6.19. The van der Waals surface area contributed by atoms with E-state index >= 15 is 0 Å². The molecule has 0 bridgehead atoms. The van der Waals surface area contributed by atoms with Crippen LogP contribution >= 0.6 is 11.6 Å². The van der Waals surface area contributed by atoms with E-state index in [4.69, 9.17) is 16.0 Å². The summed E-state index contributed by atoms with van der Waals surface area (Å²) in [5.41, 5.74) is 1.93. The fourth-order valence-corrected chi connectivity index (χ4v) is 3.22. The molecule has 1 aliphatic heterocycles. The van der Waals surface area contributed by atoms with Crippen LogP contribution in [0.1, 0.15) is 25.3 Å². The van der Waals surface area contributed by atoms with E-state index in [0.29, 0.717) is 5.22 Å². The molecule has 0 amide bonds. The van der Waals surface area contributed by atoms with Gasteiger partial charge in [-0.2, -0.15) is 0 Å². The van der Waals surface area contributed by atoms with E-state index in [1.54, 1.807) is 0 Å². The minimum Gasteiger partial charge on any atom is -0.444 e. The van der Waals surface area contributed by atoms with Crippen molar-refractivity contribution in [2.75, 3.05) is 26.2 Å². The number of hydrogen-bond donors (Lipinski definition) is 1. The van der Waals surface area contributed by atoms with E-state index in [-0.39, 0.29) is 0 Å². The Kier molecular flexibility index (Phi) is 4.84. The fraction of sp³-hybridized carbons (Fsp3) is 0.529. The molecule has 2 heterocycles. The van der Waals surface area contributed by atoms with Crippen LogP contribution in [0.2, 0.25) is 5.22 Å². The molecular formula is C17H23ClN2O. The third kappa shape index (κ3) is 3.60. The van der Waals surface area contributed by atoms with Crippen LogP contribution in [0.3, 0.4) is 0 Å². The zero-order valence-corrected chi connectivity index (χ0v) is 13.3. The van der Waals surface area contributed by atoms with E-state index in [1.165, 1.54) is 25.9 Å². The lowest BCUT2D eigenvalue weighted by Crippen LogP contribution is -2.37. The molecule has 1 fully saturated rings. The Labute approximate surface area is 131 Å². The Morgan fingerprint density at radius 1 is 1.29 bits per heavy atom. The zero-order chi connectivity index (χ0) is 14.7. The normalized spacial score (nSPS) is 17.6. The summed E-state index contributed by atoms with van der Waals surface area (Å²) in [6.07, 6.45) is 2.66. The van der Waals surface area contributed by atoms with Crippen LogP contribution in [0.25, 0.3) is 11.0 Å². The van der Waals surface area contributed by atoms with Gasteiger partial charge in [0.25, 0.3) is 0 Å². The van der Waals surface area contributed by atoms with Crippen LogP contribution in [-0.2, 0) is 6.54 Å². The zero-order valence-electron chi connectivity index (χ0n) is 12.6. The summed E-state index contributed by atoms with van der Waals surface area (Å²) < 4.78 is 5.57. The molecule has 0 atom stereocenters. The van der Waals surface area contributed by atoms with Crippen molar-refractivity contribution in [3.05, 3.63) is 35.0 Å². The molecule has 0 aliphatic carbocycles. The Balaban J connectivity index is 1.49. The first-order chi connectivity index (χ1) is 10.2. The van der Waals surface area contributed by atoms with Crippen LogP contribution in [-0.4, -0.2) is 31.1 Å². The number of halogens is 1. The largest absolute Gasteiger partial charge is 0.444 e. The van der Waals surface area contributed by atoms with Crippen molar-refractivity contribution >= 4 is 22.6 Å². The molecule has 1 aromatic carbocycles. The Bertz CT molecular complexity index is 587. The van der Waals surface area contributed by atoms with E-state index < -0.39 is 0 Å². The predicted molar refractivity (Wildman–Crippen MR) is 87.8 cm³/mol. The van der Waals surface area contributed by atoms with Gasteiger partial charge in [-0.1, -0.05) is 25.1 Å². The highest BCUT2D eigenvalue weighted by Crippen LogP contribution is 2.29. The number of para-hydroxylation sites is 1. The van der Waals surface area contributed by atoms with E-state index in [9.17, 15) is 0 Å². The van der Waals surface area contributed by atoms with Gasteiger partial charge in [0.2, 0.25) is 0 Å². The van der Waals surface area contributed by atoms with Gasteiger partial charge in [-0.3, -0.25) is 0 Å². The summed E-state index contributed by atoms with van der Waals surface area (Å²) >= 11 is 6.19. The smallest absolute Gasteiger partial charge is 0.199 e. The van der Waals surface area contributed by atoms with E-state index in [0.717, 1.165) is 42.1 Å². The highest BCUT2D eigenvalue weighted by atomic mass is 35.5. The van der Waals surface area contributed by atoms with Crippen molar-refractivity contribution in [3.8, 4) is 0 Å². The molecule has 4 heteroatoms. The summed E-state index contributed by atoms with van der Waals surface area (Å²) in [7, 11) is 0. The number of rotatable bonds is 5. The van der Waals surface area contributed by atoms with Gasteiger partial charge in [0.15, 0.2) is 5.22 Å². The maximum absolute atomic E-state index is 6.19. The molecule has 0 unspecified atom stereocenters. The summed E-state index contributed by atoms with van der Waals surface area (Å²) in [6.45, 7) is 7.68. The number of nitrogens with zero attached hydrogens (tertiary/aromatic N) is 1. The molecule has 3 nitrogen and oxygen atoms in total. The molecule has 114 valence electrons. The van der Waals surface area contributed by atoms with Crippen molar-refractivity contribution in [2.24, 2.45) is 5.92 Å². The van der Waals surface area contributed by atoms with Crippen LogP contribution in [0.4, 0.5) is 0 Å². The third-order valence-corrected chi connectivity index (χ3v) is 4.74. The van der Waals surface area contributed by atoms with Crippen LogP contribution < -0.4 is 5.32 Å². The number of furan rings is 1. The fourth-order valence-electron chi connectivity index (χ4n) is 2.97. The van der Waals surface area contributed by atoms with Gasteiger partial charge in [-0.25, -0.2) is 0 Å². The average molecular weight is 307 g/mol. The first-order valence-corrected chi connectivity index (χ1v) is 8.21. The minimum atomic E-state index is 0.510. The SMILES string of the molecule is CC1CCN(CCNCc2c(Cl)oc3ccccc23)CC1. The molecule has 0 radical (unpaired) electrons. The highest BCUT2D eigenvalue weighted by molar-refractivity contribution is 6.30. The number of fused-ring (bicyclic) bond motifs is 1. The number of likely N-dealkylation sites (tertiary alicyclic amines) is 1. The van der Waals surface area contributed by atoms with Crippen molar-refractivity contribution < 1.29 is 4.42 Å². The number of benzene rings is 1. The lowest BCUT2D eigenvalue weighted by molar-refractivity contribution is 0.193. The standard InChI is InChI=1S/C17H23ClN2O/c1-13-6-9-20(10-7-13)11-8-19-12-15-14-4-2-3-5-16(14)21-17(15)18/h2-5,13,19H,6-12H2,1H3. The summed E-state index contributed by atoms with van der Waals surface area (Å²) in [5.74, 6) is 0.894. The second kappa shape index (κ2) is 6.82. The summed E-state index contributed by atoms with van der Waals surface area (Å²) in [6, 6.07) is 8.01. The predicted octanol–water partition coefficient (Wildman–Crippen LogP) is 3.91. The van der Waals surface area contributed by atoms with E-state index in [1.807, 2.05) is 18.2 Å². The van der Waals surface area contributed by atoms with Gasteiger partial charge >= 0.3 is 0 Å². The quantitative estimate of drug-likeness (QED) is 0.849. The van der Waals surface area contributed by atoms with Crippen molar-refractivity contribution in [2.45, 2.75) is 26.3 Å². The summed E-state index contributed by atoms with van der Waals surface area (Å²) in [5, 5.41) is 5.12. The maximum Gasteiger partial charge on any atom is 0.199 e. The topological polar surface area (TPSA) is 28.4 Å². The van der Waals surface area contributed by atoms with Gasteiger partial charge in [-0.15, -0.1) is 0 Å². The average Bonchev–Trinajstić information content (AvgIpc) is 2.81. The third-order valence-electron chi connectivity index (χ3n) is 4.43. The second-order valence-electron chi connectivity index (χ2n) is 6.05. The molecular weight excluding hydrogens is 284 g/mol. The first-order valence-electron chi connectivity index (χ1n) is 7.83. The van der Waals surface area contributed by atoms with Crippen molar-refractivity contribution in [3.63, 3.8) is 0 Å². The Morgan fingerprint density at radius 2 is 2.05 bits per heavy atom. The molecule has 3 rings (SSSR count).